The van der Waals surface area contributed by atoms with E-state index < -0.39 is 7.55 Å². The lowest BCUT2D eigenvalue weighted by Crippen LogP contribution is -2.09. The van der Waals surface area contributed by atoms with E-state index in [-0.39, 0.29) is 0 Å². The molecule has 4 heteroatoms. The van der Waals surface area contributed by atoms with E-state index in [1.54, 1.807) is 5.29 Å². The fourth-order valence-electron chi connectivity index (χ4n) is 4.31. The standard InChI is InChI=1S/C26H27Br2IP/c1-2-3-4-5-6-7-24(29)18-8-12-21(13-9-18)30-25-16-19(27)10-14-22(25)23-15-11-20(28)17-26(23)30/h8-16,24H,2-7,17H2,1H3/q+1. The minimum atomic E-state index is -0.461. The normalized spacial score (nSPS) is 17.3. The van der Waals surface area contributed by atoms with Gasteiger partial charge in [0.05, 0.1) is 0 Å². The van der Waals surface area contributed by atoms with Crippen LogP contribution in [0, 0.1) is 0 Å². The number of alkyl halides is 1. The van der Waals surface area contributed by atoms with Crippen LogP contribution in [0.1, 0.15) is 66.9 Å². The van der Waals surface area contributed by atoms with Crippen molar-refractivity contribution in [1.29, 1.82) is 0 Å². The Bertz CT molecular complexity index is 1020. The molecule has 1 heterocycles. The fourth-order valence-corrected chi connectivity index (χ4v) is 9.13. The zero-order valence-corrected chi connectivity index (χ0v) is 23.5. The lowest BCUT2D eigenvalue weighted by Gasteiger charge is -2.10. The second-order valence-electron chi connectivity index (χ2n) is 8.08. The summed E-state index contributed by atoms with van der Waals surface area (Å²) in [5.74, 6) is 0. The highest BCUT2D eigenvalue weighted by molar-refractivity contribution is 14.1. The van der Waals surface area contributed by atoms with Gasteiger partial charge in [0.25, 0.3) is 0 Å². The third-order valence-corrected chi connectivity index (χ3v) is 10.9. The SMILES string of the molecule is CCCCCCCC(I)c1ccc([P+]2=C3CC(Br)=CC=C3c3ccc(Br)cc32)cc1. The molecule has 0 fully saturated rings. The predicted octanol–water partition coefficient (Wildman–Crippen LogP) is 8.97. The number of halogens is 3. The van der Waals surface area contributed by atoms with Gasteiger partial charge in [0.2, 0.25) is 0 Å². The fraction of sp³-hybridized carbons (Fsp3) is 0.346. The van der Waals surface area contributed by atoms with E-state index in [0.717, 1.165) is 6.42 Å². The van der Waals surface area contributed by atoms with Crippen molar-refractivity contribution in [2.24, 2.45) is 0 Å². The minimum absolute atomic E-state index is 0.461. The van der Waals surface area contributed by atoms with Gasteiger partial charge in [-0.25, -0.2) is 0 Å². The first kappa shape index (κ1) is 23.0. The molecule has 0 amide bonds. The van der Waals surface area contributed by atoms with Crippen molar-refractivity contribution < 1.29 is 0 Å². The van der Waals surface area contributed by atoms with Gasteiger partial charge in [-0.2, -0.15) is 0 Å². The Balaban J connectivity index is 1.58. The Kier molecular flexibility index (Phi) is 8.11. The van der Waals surface area contributed by atoms with E-state index in [9.17, 15) is 0 Å². The summed E-state index contributed by atoms with van der Waals surface area (Å²) in [7, 11) is -0.461. The van der Waals surface area contributed by atoms with Crippen molar-refractivity contribution in [2.75, 3.05) is 0 Å². The van der Waals surface area contributed by atoms with Crippen LogP contribution in [-0.2, 0) is 0 Å². The van der Waals surface area contributed by atoms with Gasteiger partial charge in [-0.1, -0.05) is 112 Å². The molecule has 0 radical (unpaired) electrons. The van der Waals surface area contributed by atoms with Gasteiger partial charge < -0.3 is 0 Å². The molecule has 2 atom stereocenters. The highest BCUT2D eigenvalue weighted by atomic mass is 127. The van der Waals surface area contributed by atoms with E-state index >= 15 is 0 Å². The van der Waals surface area contributed by atoms with Crippen LogP contribution in [-0.4, -0.2) is 5.29 Å². The predicted molar refractivity (Wildman–Crippen MR) is 152 cm³/mol. The number of unbranched alkanes of at least 4 members (excludes halogenated alkanes) is 4. The van der Waals surface area contributed by atoms with Crippen LogP contribution in [0.3, 0.4) is 0 Å². The van der Waals surface area contributed by atoms with Crippen LogP contribution < -0.4 is 10.6 Å². The topological polar surface area (TPSA) is 0 Å². The van der Waals surface area contributed by atoms with Gasteiger partial charge in [0.1, 0.15) is 5.29 Å². The minimum Gasteiger partial charge on any atom is -0.0774 e. The van der Waals surface area contributed by atoms with Crippen LogP contribution in [0.5, 0.6) is 0 Å². The highest BCUT2D eigenvalue weighted by Gasteiger charge is 2.39. The van der Waals surface area contributed by atoms with Gasteiger partial charge in [0.15, 0.2) is 18.2 Å². The number of allylic oxidation sites excluding steroid dienone is 4. The molecule has 0 bridgehead atoms. The summed E-state index contributed by atoms with van der Waals surface area (Å²) in [5, 5.41) is 4.55. The molecule has 0 saturated heterocycles. The van der Waals surface area contributed by atoms with Crippen LogP contribution >= 0.6 is 62.0 Å². The summed E-state index contributed by atoms with van der Waals surface area (Å²) < 4.78 is 3.08. The van der Waals surface area contributed by atoms with Crippen molar-refractivity contribution in [3.8, 4) is 0 Å². The van der Waals surface area contributed by atoms with Crippen molar-refractivity contribution in [1.82, 2.24) is 0 Å². The third-order valence-electron chi connectivity index (χ3n) is 5.91. The molecule has 4 rings (SSSR count). The molecule has 30 heavy (non-hydrogen) atoms. The Hall–Kier alpha value is -0.220. The van der Waals surface area contributed by atoms with E-state index in [4.69, 9.17) is 0 Å². The van der Waals surface area contributed by atoms with Gasteiger partial charge in [0, 0.05) is 36.5 Å². The summed E-state index contributed by atoms with van der Waals surface area (Å²) in [5.41, 5.74) is 4.33. The monoisotopic (exact) mass is 655 g/mol. The zero-order valence-electron chi connectivity index (χ0n) is 17.3. The van der Waals surface area contributed by atoms with E-state index in [0.29, 0.717) is 3.92 Å². The molecule has 2 aromatic rings. The van der Waals surface area contributed by atoms with Crippen LogP contribution in [0.4, 0.5) is 0 Å². The van der Waals surface area contributed by atoms with Crippen molar-refractivity contribution in [2.45, 2.75) is 55.8 Å². The zero-order chi connectivity index (χ0) is 21.1. The summed E-state index contributed by atoms with van der Waals surface area (Å²) in [6, 6.07) is 16.4. The average Bonchev–Trinajstić information content (AvgIpc) is 3.05. The van der Waals surface area contributed by atoms with Gasteiger partial charge >= 0.3 is 0 Å². The number of rotatable bonds is 8. The van der Waals surface area contributed by atoms with Crippen LogP contribution in [0.25, 0.3) is 5.57 Å². The molecule has 0 saturated carbocycles. The summed E-state index contributed by atoms with van der Waals surface area (Å²) in [4.78, 5) is 0. The molecule has 2 aromatic carbocycles. The molecule has 0 spiro atoms. The summed E-state index contributed by atoms with van der Waals surface area (Å²) >= 11 is 10.1. The van der Waals surface area contributed by atoms with Crippen LogP contribution in [0.15, 0.2) is 63.6 Å². The second kappa shape index (κ2) is 10.6. The molecule has 0 N–H and O–H groups in total. The first-order chi connectivity index (χ1) is 14.6. The second-order valence-corrected chi connectivity index (χ2v) is 13.7. The Morgan fingerprint density at radius 1 is 0.967 bits per heavy atom. The lowest BCUT2D eigenvalue weighted by atomic mass is 9.98. The molecule has 0 nitrogen and oxygen atoms in total. The quantitative estimate of drug-likeness (QED) is 0.115. The smallest absolute Gasteiger partial charge is 0.0774 e. The number of benzene rings is 2. The molecule has 2 unspecified atom stereocenters. The van der Waals surface area contributed by atoms with E-state index in [1.165, 1.54) is 74.8 Å². The third kappa shape index (κ3) is 5.05. The largest absolute Gasteiger partial charge is 0.175 e. The molecule has 0 aromatic heterocycles. The van der Waals surface area contributed by atoms with Crippen molar-refractivity contribution >= 4 is 83.5 Å². The molecule has 2 aliphatic rings. The molecular formula is C26H27Br2IP+. The maximum Gasteiger partial charge on any atom is 0.175 e. The maximum absolute atomic E-state index is 3.75. The number of hydrogen-bond donors (Lipinski definition) is 0. The summed E-state index contributed by atoms with van der Waals surface area (Å²) in [6.45, 7) is 2.28. The van der Waals surface area contributed by atoms with Gasteiger partial charge in [-0.15, -0.1) is 0 Å². The Morgan fingerprint density at radius 3 is 2.50 bits per heavy atom. The van der Waals surface area contributed by atoms with Gasteiger partial charge in [-0.3, -0.25) is 0 Å². The molecule has 156 valence electrons. The maximum atomic E-state index is 3.75. The molecule has 1 aliphatic heterocycles. The lowest BCUT2D eigenvalue weighted by molar-refractivity contribution is 0.608. The van der Waals surface area contributed by atoms with Crippen molar-refractivity contribution in [3.05, 3.63) is 74.7 Å². The first-order valence-electron chi connectivity index (χ1n) is 10.8. The highest BCUT2D eigenvalue weighted by Crippen LogP contribution is 2.44. The van der Waals surface area contributed by atoms with Crippen LogP contribution in [0.2, 0.25) is 0 Å². The van der Waals surface area contributed by atoms with E-state index in [2.05, 4.69) is 116 Å². The first-order valence-corrected chi connectivity index (χ1v) is 15.0. The Morgan fingerprint density at radius 2 is 1.73 bits per heavy atom. The summed E-state index contributed by atoms with van der Waals surface area (Å²) in [6.07, 6.45) is 13.6. The molecule has 1 aliphatic carbocycles. The number of fused-ring (bicyclic) bond motifs is 3. The number of hydrogen-bond acceptors (Lipinski definition) is 0. The average molecular weight is 657 g/mol. The van der Waals surface area contributed by atoms with Gasteiger partial charge in [-0.05, 0) is 42.3 Å². The molecular weight excluding hydrogens is 630 g/mol. The van der Waals surface area contributed by atoms with Crippen molar-refractivity contribution in [3.63, 3.8) is 0 Å². The Labute approximate surface area is 212 Å². The van der Waals surface area contributed by atoms with E-state index in [1.807, 2.05) is 0 Å².